The van der Waals surface area contributed by atoms with Gasteiger partial charge in [0.2, 0.25) is 0 Å². The van der Waals surface area contributed by atoms with Crippen molar-refractivity contribution in [1.29, 1.82) is 0 Å². The molecule has 1 N–H and O–H groups in total. The van der Waals surface area contributed by atoms with Crippen molar-refractivity contribution in [1.82, 2.24) is 20.1 Å². The summed E-state index contributed by atoms with van der Waals surface area (Å²) in [5.41, 5.74) is 4.51. The van der Waals surface area contributed by atoms with Crippen molar-refractivity contribution < 1.29 is 4.79 Å². The molecule has 0 radical (unpaired) electrons. The molecule has 4 aromatic rings. The third kappa shape index (κ3) is 4.46. The topological polar surface area (TPSA) is 59.8 Å². The maximum atomic E-state index is 12.8. The zero-order valence-corrected chi connectivity index (χ0v) is 16.9. The Morgan fingerprint density at radius 3 is 2.55 bits per heavy atom. The van der Waals surface area contributed by atoms with Gasteiger partial charge < -0.3 is 5.32 Å². The van der Waals surface area contributed by atoms with E-state index < -0.39 is 0 Å². The van der Waals surface area contributed by atoms with Crippen LogP contribution >= 0.6 is 11.6 Å². The van der Waals surface area contributed by atoms with Crippen LogP contribution in [0.25, 0.3) is 10.9 Å². The largest absolute Gasteiger partial charge is 0.350 e. The number of carbonyl (C=O) groups excluding carboxylic acids is 1. The number of halogens is 1. The highest BCUT2D eigenvalue weighted by molar-refractivity contribution is 6.30. The predicted octanol–water partition coefficient (Wildman–Crippen LogP) is 4.41. The van der Waals surface area contributed by atoms with Gasteiger partial charge in [-0.2, -0.15) is 5.10 Å². The van der Waals surface area contributed by atoms with Crippen LogP contribution in [0, 0.1) is 6.92 Å². The summed E-state index contributed by atoms with van der Waals surface area (Å²) in [5.74, 6) is -0.170. The molecule has 29 heavy (non-hydrogen) atoms. The first-order valence-electron chi connectivity index (χ1n) is 9.50. The smallest absolute Gasteiger partial charge is 0.272 e. The molecule has 0 spiro atoms. The van der Waals surface area contributed by atoms with Gasteiger partial charge in [-0.15, -0.1) is 0 Å². The van der Waals surface area contributed by atoms with Gasteiger partial charge in [0, 0.05) is 28.8 Å². The third-order valence-electron chi connectivity index (χ3n) is 4.79. The van der Waals surface area contributed by atoms with Gasteiger partial charge in [0.1, 0.15) is 0 Å². The van der Waals surface area contributed by atoms with Crippen molar-refractivity contribution in [3.05, 3.63) is 94.4 Å². The van der Waals surface area contributed by atoms with Crippen molar-refractivity contribution in [2.45, 2.75) is 19.9 Å². The van der Waals surface area contributed by atoms with Crippen molar-refractivity contribution >= 4 is 28.4 Å². The molecule has 0 atom stereocenters. The monoisotopic (exact) mass is 404 g/mol. The summed E-state index contributed by atoms with van der Waals surface area (Å²) >= 11 is 5.98. The minimum atomic E-state index is -0.170. The van der Waals surface area contributed by atoms with Gasteiger partial charge in [0.05, 0.1) is 12.1 Å². The Labute approximate surface area is 174 Å². The lowest BCUT2D eigenvalue weighted by molar-refractivity contribution is 0.0950. The number of rotatable bonds is 6. The molecule has 0 aliphatic carbocycles. The number of aromatic nitrogens is 3. The molecule has 0 bridgehead atoms. The molecule has 0 unspecified atom stereocenters. The number of hydrogen-bond acceptors (Lipinski definition) is 3. The van der Waals surface area contributed by atoms with Gasteiger partial charge in [-0.05, 0) is 48.7 Å². The number of fused-ring (bicyclic) bond motifs is 1. The van der Waals surface area contributed by atoms with Crippen molar-refractivity contribution in [3.8, 4) is 0 Å². The molecule has 6 heteroatoms. The number of para-hydroxylation sites is 1. The van der Waals surface area contributed by atoms with E-state index in [2.05, 4.69) is 15.4 Å². The number of amides is 1. The van der Waals surface area contributed by atoms with Gasteiger partial charge in [-0.25, -0.2) is 0 Å². The SMILES string of the molecule is Cc1ccc(CCNC(=O)c2nn(Cc3ccc(Cl)cc3)c3ccccc23)cn1. The lowest BCUT2D eigenvalue weighted by Gasteiger charge is -2.05. The highest BCUT2D eigenvalue weighted by atomic mass is 35.5. The van der Waals surface area contributed by atoms with Crippen LogP contribution in [0.1, 0.15) is 27.3 Å². The minimum Gasteiger partial charge on any atom is -0.350 e. The quantitative estimate of drug-likeness (QED) is 0.517. The normalized spacial score (nSPS) is 11.0. The lowest BCUT2D eigenvalue weighted by atomic mass is 10.2. The fourth-order valence-corrected chi connectivity index (χ4v) is 3.35. The third-order valence-corrected chi connectivity index (χ3v) is 5.04. The van der Waals surface area contributed by atoms with E-state index in [1.165, 1.54) is 0 Å². The van der Waals surface area contributed by atoms with E-state index in [0.29, 0.717) is 23.8 Å². The van der Waals surface area contributed by atoms with E-state index in [9.17, 15) is 4.79 Å². The summed E-state index contributed by atoms with van der Waals surface area (Å²) in [6, 6.07) is 19.4. The Bertz CT molecular complexity index is 1130. The molecule has 146 valence electrons. The lowest BCUT2D eigenvalue weighted by Crippen LogP contribution is -2.26. The zero-order chi connectivity index (χ0) is 20.2. The van der Waals surface area contributed by atoms with Gasteiger partial charge >= 0.3 is 0 Å². The number of hydrogen-bond donors (Lipinski definition) is 1. The molecule has 0 aliphatic heterocycles. The first-order chi connectivity index (χ1) is 14.1. The van der Waals surface area contributed by atoms with Gasteiger partial charge in [0.15, 0.2) is 5.69 Å². The molecule has 5 nitrogen and oxygen atoms in total. The number of aryl methyl sites for hydroxylation is 1. The van der Waals surface area contributed by atoms with Crippen molar-refractivity contribution in [2.24, 2.45) is 0 Å². The second-order valence-electron chi connectivity index (χ2n) is 6.96. The predicted molar refractivity (Wildman–Crippen MR) is 115 cm³/mol. The fraction of sp³-hybridized carbons (Fsp3) is 0.174. The second-order valence-corrected chi connectivity index (χ2v) is 7.40. The zero-order valence-electron chi connectivity index (χ0n) is 16.1. The molecule has 1 amide bonds. The number of nitrogens with zero attached hydrogens (tertiary/aromatic N) is 3. The van der Waals surface area contributed by atoms with E-state index in [0.717, 1.165) is 34.1 Å². The van der Waals surface area contributed by atoms with Crippen LogP contribution in [0.2, 0.25) is 5.02 Å². The Morgan fingerprint density at radius 1 is 1.03 bits per heavy atom. The number of nitrogens with one attached hydrogen (secondary N) is 1. The molecule has 2 aromatic carbocycles. The average molecular weight is 405 g/mol. The van der Waals surface area contributed by atoms with E-state index in [1.807, 2.05) is 78.5 Å². The molecule has 0 saturated heterocycles. The van der Waals surface area contributed by atoms with E-state index in [-0.39, 0.29) is 5.91 Å². The first-order valence-corrected chi connectivity index (χ1v) is 9.88. The van der Waals surface area contributed by atoms with Gasteiger partial charge in [0.25, 0.3) is 5.91 Å². The molecule has 2 aromatic heterocycles. The number of pyridine rings is 1. The molecule has 0 fully saturated rings. The van der Waals surface area contributed by atoms with E-state index in [1.54, 1.807) is 0 Å². The standard InChI is InChI=1S/C23H21ClN4O/c1-16-6-7-17(14-26-16)12-13-25-23(29)22-20-4-2-3-5-21(20)28(27-22)15-18-8-10-19(24)11-9-18/h2-11,14H,12-13,15H2,1H3,(H,25,29). The van der Waals surface area contributed by atoms with Crippen LogP contribution in [0.3, 0.4) is 0 Å². The van der Waals surface area contributed by atoms with Crippen molar-refractivity contribution in [2.75, 3.05) is 6.54 Å². The number of carbonyl (C=O) groups is 1. The Hall–Kier alpha value is -3.18. The maximum absolute atomic E-state index is 12.8. The Balaban J connectivity index is 1.51. The molecule has 4 rings (SSSR count). The average Bonchev–Trinajstić information content (AvgIpc) is 3.10. The van der Waals surface area contributed by atoms with Crippen LogP contribution in [0.15, 0.2) is 66.9 Å². The summed E-state index contributed by atoms with van der Waals surface area (Å²) in [7, 11) is 0. The maximum Gasteiger partial charge on any atom is 0.272 e. The first kappa shape index (κ1) is 19.2. The van der Waals surface area contributed by atoms with Crippen LogP contribution < -0.4 is 5.32 Å². The Kier molecular flexibility index (Phi) is 5.58. The number of benzene rings is 2. The molecule has 0 aliphatic rings. The van der Waals surface area contributed by atoms with Crippen LogP contribution in [-0.2, 0) is 13.0 Å². The molecule has 0 saturated carbocycles. The van der Waals surface area contributed by atoms with E-state index in [4.69, 9.17) is 11.6 Å². The highest BCUT2D eigenvalue weighted by Crippen LogP contribution is 2.20. The minimum absolute atomic E-state index is 0.170. The van der Waals surface area contributed by atoms with Crippen LogP contribution in [0.4, 0.5) is 0 Å². The van der Waals surface area contributed by atoms with Crippen LogP contribution in [0.5, 0.6) is 0 Å². The summed E-state index contributed by atoms with van der Waals surface area (Å²) < 4.78 is 1.86. The van der Waals surface area contributed by atoms with E-state index >= 15 is 0 Å². The summed E-state index contributed by atoms with van der Waals surface area (Å²) in [6.45, 7) is 3.05. The molecular weight excluding hydrogens is 384 g/mol. The van der Waals surface area contributed by atoms with Crippen molar-refractivity contribution in [3.63, 3.8) is 0 Å². The molecular formula is C23H21ClN4O. The second kappa shape index (κ2) is 8.45. The highest BCUT2D eigenvalue weighted by Gasteiger charge is 2.16. The molecule has 2 heterocycles. The Morgan fingerprint density at radius 2 is 1.79 bits per heavy atom. The summed E-state index contributed by atoms with van der Waals surface area (Å²) in [5, 5.41) is 9.12. The fourth-order valence-electron chi connectivity index (χ4n) is 3.23. The summed E-state index contributed by atoms with van der Waals surface area (Å²) in [6.07, 6.45) is 2.57. The van der Waals surface area contributed by atoms with Gasteiger partial charge in [-0.1, -0.05) is 48.0 Å². The van der Waals surface area contributed by atoms with Gasteiger partial charge in [-0.3, -0.25) is 14.5 Å². The van der Waals surface area contributed by atoms with Crippen LogP contribution in [-0.4, -0.2) is 27.2 Å². The summed E-state index contributed by atoms with van der Waals surface area (Å²) in [4.78, 5) is 17.1.